The fourth-order valence-electron chi connectivity index (χ4n) is 3.40. The van der Waals surface area contributed by atoms with Crippen LogP contribution in [0, 0.1) is 17.0 Å². The molecule has 27 heavy (non-hydrogen) atoms. The standard InChI is InChI=1S/C19H24N4O4/c1-13-7-16(23(24)25)11-20-19(13)22-6-4-5-14(12-22)21-15-8-17(26-2)10-18(9-15)27-3/h7-11,14,21H,4-6,12H2,1-3H3. The number of nitro groups is 1. The highest BCUT2D eigenvalue weighted by Crippen LogP contribution is 2.29. The van der Waals surface area contributed by atoms with Gasteiger partial charge >= 0.3 is 0 Å². The lowest BCUT2D eigenvalue weighted by Gasteiger charge is -2.35. The van der Waals surface area contributed by atoms with Crippen molar-refractivity contribution in [1.29, 1.82) is 0 Å². The maximum absolute atomic E-state index is 10.9. The molecule has 1 atom stereocenters. The third kappa shape index (κ3) is 4.39. The fraction of sp³-hybridized carbons (Fsp3) is 0.421. The van der Waals surface area contributed by atoms with Gasteiger partial charge in [0.15, 0.2) is 0 Å². The Bertz CT molecular complexity index is 805. The quantitative estimate of drug-likeness (QED) is 0.614. The molecule has 1 unspecified atom stereocenters. The van der Waals surface area contributed by atoms with Gasteiger partial charge in [0.1, 0.15) is 23.5 Å². The Kier molecular flexibility index (Phi) is 5.63. The molecule has 1 aliphatic rings. The number of anilines is 2. The zero-order chi connectivity index (χ0) is 19.4. The lowest BCUT2D eigenvalue weighted by molar-refractivity contribution is -0.385. The molecule has 0 spiro atoms. The molecule has 8 heteroatoms. The van der Waals surface area contributed by atoms with Gasteiger partial charge < -0.3 is 19.7 Å². The summed E-state index contributed by atoms with van der Waals surface area (Å²) < 4.78 is 10.7. The van der Waals surface area contributed by atoms with Crippen molar-refractivity contribution in [1.82, 2.24) is 4.98 Å². The van der Waals surface area contributed by atoms with Crippen molar-refractivity contribution in [3.63, 3.8) is 0 Å². The number of rotatable bonds is 6. The van der Waals surface area contributed by atoms with Gasteiger partial charge in [0.25, 0.3) is 5.69 Å². The number of piperidine rings is 1. The minimum absolute atomic E-state index is 0.0198. The summed E-state index contributed by atoms with van der Waals surface area (Å²) in [6.07, 6.45) is 3.37. The topological polar surface area (TPSA) is 89.8 Å². The van der Waals surface area contributed by atoms with Crippen LogP contribution in [-0.2, 0) is 0 Å². The third-order valence-electron chi connectivity index (χ3n) is 4.69. The fourth-order valence-corrected chi connectivity index (χ4v) is 3.40. The van der Waals surface area contributed by atoms with E-state index >= 15 is 0 Å². The van der Waals surface area contributed by atoms with Gasteiger partial charge in [0.05, 0.1) is 19.1 Å². The SMILES string of the molecule is COc1cc(NC2CCCN(c3ncc([N+](=O)[O-])cc3C)C2)cc(OC)c1. The van der Waals surface area contributed by atoms with Crippen LogP contribution in [0.4, 0.5) is 17.2 Å². The first-order valence-electron chi connectivity index (χ1n) is 8.85. The molecule has 0 aliphatic carbocycles. The van der Waals surface area contributed by atoms with E-state index in [9.17, 15) is 10.1 Å². The molecule has 0 bridgehead atoms. The normalized spacial score (nSPS) is 16.7. The largest absolute Gasteiger partial charge is 0.497 e. The molecule has 1 saturated heterocycles. The third-order valence-corrected chi connectivity index (χ3v) is 4.69. The van der Waals surface area contributed by atoms with E-state index < -0.39 is 4.92 Å². The Balaban J connectivity index is 1.74. The smallest absolute Gasteiger partial charge is 0.287 e. The van der Waals surface area contributed by atoms with Crippen molar-refractivity contribution in [2.45, 2.75) is 25.8 Å². The van der Waals surface area contributed by atoms with Gasteiger partial charge in [0, 0.05) is 49.1 Å². The summed E-state index contributed by atoms with van der Waals surface area (Å²) in [5.74, 6) is 2.27. The summed E-state index contributed by atoms with van der Waals surface area (Å²) in [6.45, 7) is 3.51. The van der Waals surface area contributed by atoms with Crippen molar-refractivity contribution in [2.75, 3.05) is 37.5 Å². The first-order valence-corrected chi connectivity index (χ1v) is 8.85. The van der Waals surface area contributed by atoms with Crippen molar-refractivity contribution in [3.05, 3.63) is 46.1 Å². The second kappa shape index (κ2) is 8.11. The first-order chi connectivity index (χ1) is 13.0. The minimum Gasteiger partial charge on any atom is -0.497 e. The van der Waals surface area contributed by atoms with Crippen molar-refractivity contribution in [3.8, 4) is 11.5 Å². The number of nitrogens with zero attached hydrogens (tertiary/aromatic N) is 3. The molecule has 0 amide bonds. The number of hydrogen-bond acceptors (Lipinski definition) is 7. The second-order valence-electron chi connectivity index (χ2n) is 6.62. The molecule has 1 aromatic carbocycles. The van der Waals surface area contributed by atoms with Gasteiger partial charge in [-0.3, -0.25) is 10.1 Å². The molecule has 1 fully saturated rings. The molecule has 1 aromatic heterocycles. The van der Waals surface area contributed by atoms with Gasteiger partial charge in [-0.1, -0.05) is 0 Å². The molecule has 3 rings (SSSR count). The van der Waals surface area contributed by atoms with Crippen LogP contribution in [0.15, 0.2) is 30.5 Å². The maximum Gasteiger partial charge on any atom is 0.287 e. The van der Waals surface area contributed by atoms with E-state index in [-0.39, 0.29) is 11.7 Å². The maximum atomic E-state index is 10.9. The molecule has 1 N–H and O–H groups in total. The lowest BCUT2D eigenvalue weighted by Crippen LogP contribution is -2.42. The number of aromatic nitrogens is 1. The van der Waals surface area contributed by atoms with E-state index in [4.69, 9.17) is 9.47 Å². The van der Waals surface area contributed by atoms with Gasteiger partial charge in [-0.15, -0.1) is 0 Å². The molecule has 2 heterocycles. The summed E-state index contributed by atoms with van der Waals surface area (Å²) in [7, 11) is 3.26. The zero-order valence-corrected chi connectivity index (χ0v) is 15.8. The Hall–Kier alpha value is -3.03. The molecule has 0 radical (unpaired) electrons. The molecule has 2 aromatic rings. The summed E-state index contributed by atoms with van der Waals surface area (Å²) in [6, 6.07) is 7.52. The van der Waals surface area contributed by atoms with Gasteiger partial charge in [-0.25, -0.2) is 4.98 Å². The van der Waals surface area contributed by atoms with Crippen LogP contribution in [0.3, 0.4) is 0 Å². The predicted molar refractivity (Wildman–Crippen MR) is 104 cm³/mol. The number of methoxy groups -OCH3 is 2. The van der Waals surface area contributed by atoms with Crippen molar-refractivity contribution >= 4 is 17.2 Å². The van der Waals surface area contributed by atoms with Crippen LogP contribution < -0.4 is 19.7 Å². The van der Waals surface area contributed by atoms with E-state index in [0.29, 0.717) is 0 Å². The molecule has 144 valence electrons. The van der Waals surface area contributed by atoms with Crippen LogP contribution in [0.2, 0.25) is 0 Å². The average molecular weight is 372 g/mol. The van der Waals surface area contributed by atoms with Crippen molar-refractivity contribution in [2.24, 2.45) is 0 Å². The number of ether oxygens (including phenoxy) is 2. The van der Waals surface area contributed by atoms with E-state index in [1.807, 2.05) is 25.1 Å². The number of hydrogen-bond donors (Lipinski definition) is 1. The molecule has 1 aliphatic heterocycles. The van der Waals surface area contributed by atoms with Crippen LogP contribution in [0.25, 0.3) is 0 Å². The number of pyridine rings is 1. The van der Waals surface area contributed by atoms with Gasteiger partial charge in [-0.2, -0.15) is 0 Å². The Labute approximate surface area is 158 Å². The summed E-state index contributed by atoms with van der Waals surface area (Å²) in [5.41, 5.74) is 1.77. The molecule has 0 saturated carbocycles. The van der Waals surface area contributed by atoms with Gasteiger partial charge in [-0.05, 0) is 25.3 Å². The molecular formula is C19H24N4O4. The van der Waals surface area contributed by atoms with E-state index in [2.05, 4.69) is 15.2 Å². The van der Waals surface area contributed by atoms with Crippen LogP contribution in [-0.4, -0.2) is 43.3 Å². The van der Waals surface area contributed by atoms with Crippen LogP contribution in [0.5, 0.6) is 11.5 Å². The minimum atomic E-state index is -0.416. The highest BCUT2D eigenvalue weighted by atomic mass is 16.6. The van der Waals surface area contributed by atoms with E-state index in [1.165, 1.54) is 6.20 Å². The van der Waals surface area contributed by atoms with Crippen LogP contribution >= 0.6 is 0 Å². The summed E-state index contributed by atoms with van der Waals surface area (Å²) in [5, 5.41) is 14.5. The van der Waals surface area contributed by atoms with Gasteiger partial charge in [0.2, 0.25) is 0 Å². The Morgan fingerprint density at radius 3 is 2.52 bits per heavy atom. The monoisotopic (exact) mass is 372 g/mol. The Morgan fingerprint density at radius 2 is 1.93 bits per heavy atom. The number of nitrogens with one attached hydrogen (secondary N) is 1. The molecular weight excluding hydrogens is 348 g/mol. The first kappa shape index (κ1) is 18.8. The number of benzene rings is 1. The van der Waals surface area contributed by atoms with E-state index in [1.54, 1.807) is 20.3 Å². The van der Waals surface area contributed by atoms with Crippen molar-refractivity contribution < 1.29 is 14.4 Å². The highest BCUT2D eigenvalue weighted by molar-refractivity contribution is 5.55. The second-order valence-corrected chi connectivity index (χ2v) is 6.62. The summed E-state index contributed by atoms with van der Waals surface area (Å²) >= 11 is 0. The highest BCUT2D eigenvalue weighted by Gasteiger charge is 2.23. The molecule has 8 nitrogen and oxygen atoms in total. The van der Waals surface area contributed by atoms with Crippen LogP contribution in [0.1, 0.15) is 18.4 Å². The average Bonchev–Trinajstić information content (AvgIpc) is 2.67. The predicted octanol–water partition coefficient (Wildman–Crippen LogP) is 3.40. The Morgan fingerprint density at radius 1 is 1.22 bits per heavy atom. The number of aryl methyl sites for hydroxylation is 1. The summed E-state index contributed by atoms with van der Waals surface area (Å²) in [4.78, 5) is 17.0. The lowest BCUT2D eigenvalue weighted by atomic mass is 10.0. The zero-order valence-electron chi connectivity index (χ0n) is 15.8. The van der Waals surface area contributed by atoms with E-state index in [0.717, 1.165) is 54.5 Å².